The molecule has 0 aliphatic heterocycles. The Hall–Kier alpha value is -2.09. The Morgan fingerprint density at radius 3 is 2.55 bits per heavy atom. The Morgan fingerprint density at radius 1 is 1.40 bits per heavy atom. The number of thioether (sulfide) groups is 1. The summed E-state index contributed by atoms with van der Waals surface area (Å²) < 4.78 is 0. The minimum atomic E-state index is -0.972. The van der Waals surface area contributed by atoms with E-state index in [1.165, 1.54) is 23.1 Å². The average molecular weight is 298 g/mol. The van der Waals surface area contributed by atoms with Gasteiger partial charge in [0.2, 0.25) is 0 Å². The summed E-state index contributed by atoms with van der Waals surface area (Å²) in [6.07, 6.45) is -0.103. The van der Waals surface area contributed by atoms with Crippen molar-refractivity contribution in [2.24, 2.45) is 0 Å². The van der Waals surface area contributed by atoms with Gasteiger partial charge in [-0.05, 0) is 12.1 Å². The predicted octanol–water partition coefficient (Wildman–Crippen LogP) is 1.86. The molecule has 0 unspecified atom stereocenters. The van der Waals surface area contributed by atoms with E-state index >= 15 is 0 Å². The van der Waals surface area contributed by atoms with Gasteiger partial charge in [0.05, 0.1) is 16.2 Å². The van der Waals surface area contributed by atoms with E-state index in [1.54, 1.807) is 14.1 Å². The molecular formula is C12H14N2O5S. The quantitative estimate of drug-likeness (QED) is 0.489. The van der Waals surface area contributed by atoms with Gasteiger partial charge in [-0.15, -0.1) is 11.8 Å². The van der Waals surface area contributed by atoms with Crippen LogP contribution in [0.5, 0.6) is 0 Å². The van der Waals surface area contributed by atoms with Gasteiger partial charge in [-0.2, -0.15) is 0 Å². The van der Waals surface area contributed by atoms with E-state index < -0.39 is 10.9 Å². The Balaban J connectivity index is 3.02. The molecule has 0 atom stereocenters. The normalized spacial score (nSPS) is 10.1. The molecule has 1 aromatic rings. The number of carboxylic acids is 1. The van der Waals surface area contributed by atoms with Gasteiger partial charge in [0, 0.05) is 31.5 Å². The molecule has 0 fully saturated rings. The van der Waals surface area contributed by atoms with Crippen LogP contribution in [0.15, 0.2) is 23.1 Å². The number of nitrogens with zero attached hydrogens (tertiary/aromatic N) is 2. The zero-order chi connectivity index (χ0) is 15.3. The number of carboxylic acid groups (broad SMARTS) is 1. The van der Waals surface area contributed by atoms with Gasteiger partial charge in [0.15, 0.2) is 0 Å². The number of rotatable bonds is 6. The van der Waals surface area contributed by atoms with Crippen molar-refractivity contribution in [3.8, 4) is 0 Å². The molecule has 8 heteroatoms. The van der Waals surface area contributed by atoms with Gasteiger partial charge in [-0.3, -0.25) is 19.7 Å². The van der Waals surface area contributed by atoms with Crippen molar-refractivity contribution in [1.82, 2.24) is 4.90 Å². The smallest absolute Gasteiger partial charge is 0.304 e. The highest BCUT2D eigenvalue weighted by Gasteiger charge is 2.18. The van der Waals surface area contributed by atoms with E-state index in [4.69, 9.17) is 5.11 Å². The van der Waals surface area contributed by atoms with Crippen molar-refractivity contribution >= 4 is 29.3 Å². The molecule has 7 nitrogen and oxygen atoms in total. The highest BCUT2D eigenvalue weighted by molar-refractivity contribution is 7.99. The topological polar surface area (TPSA) is 101 Å². The van der Waals surface area contributed by atoms with E-state index in [2.05, 4.69) is 0 Å². The molecule has 108 valence electrons. The van der Waals surface area contributed by atoms with Gasteiger partial charge in [0.1, 0.15) is 0 Å². The molecule has 0 saturated heterocycles. The number of nitro benzene ring substituents is 1. The number of carbonyl (C=O) groups is 2. The second kappa shape index (κ2) is 6.90. The molecule has 1 amide bonds. The van der Waals surface area contributed by atoms with Crippen LogP contribution in [0.3, 0.4) is 0 Å². The molecule has 0 spiro atoms. The summed E-state index contributed by atoms with van der Waals surface area (Å²) in [5, 5.41) is 19.5. The predicted molar refractivity (Wildman–Crippen MR) is 74.1 cm³/mol. The lowest BCUT2D eigenvalue weighted by Gasteiger charge is -2.11. The zero-order valence-corrected chi connectivity index (χ0v) is 11.8. The molecule has 0 aliphatic carbocycles. The van der Waals surface area contributed by atoms with E-state index in [0.717, 1.165) is 11.8 Å². The molecule has 0 radical (unpaired) electrons. The van der Waals surface area contributed by atoms with E-state index in [9.17, 15) is 19.7 Å². The van der Waals surface area contributed by atoms with Gasteiger partial charge >= 0.3 is 5.97 Å². The molecular weight excluding hydrogens is 284 g/mol. The van der Waals surface area contributed by atoms with Crippen molar-refractivity contribution in [2.75, 3.05) is 19.8 Å². The number of hydrogen-bond donors (Lipinski definition) is 1. The summed E-state index contributed by atoms with van der Waals surface area (Å²) in [4.78, 5) is 34.3. The summed E-state index contributed by atoms with van der Waals surface area (Å²) in [6.45, 7) is 0. The molecule has 0 saturated carbocycles. The third-order valence-electron chi connectivity index (χ3n) is 2.38. The summed E-state index contributed by atoms with van der Waals surface area (Å²) in [5.74, 6) is -1.03. The van der Waals surface area contributed by atoms with E-state index in [0.29, 0.717) is 10.5 Å². The minimum absolute atomic E-state index is 0.103. The van der Waals surface area contributed by atoms with Crippen molar-refractivity contribution in [1.29, 1.82) is 0 Å². The third kappa shape index (κ3) is 4.23. The van der Waals surface area contributed by atoms with Crippen molar-refractivity contribution in [2.45, 2.75) is 11.3 Å². The lowest BCUT2D eigenvalue weighted by Crippen LogP contribution is -2.21. The molecule has 1 N–H and O–H groups in total. The summed E-state index contributed by atoms with van der Waals surface area (Å²) >= 11 is 1.05. The van der Waals surface area contributed by atoms with Crippen LogP contribution in [0.4, 0.5) is 5.69 Å². The first-order valence-corrected chi connectivity index (χ1v) is 6.66. The fraction of sp³-hybridized carbons (Fsp3) is 0.333. The number of hydrogen-bond acceptors (Lipinski definition) is 5. The van der Waals surface area contributed by atoms with Gasteiger partial charge in [-0.1, -0.05) is 0 Å². The largest absolute Gasteiger partial charge is 0.481 e. The Morgan fingerprint density at radius 2 is 2.05 bits per heavy atom. The maximum absolute atomic E-state index is 11.8. The maximum atomic E-state index is 11.8. The van der Waals surface area contributed by atoms with Crippen LogP contribution in [-0.2, 0) is 4.79 Å². The van der Waals surface area contributed by atoms with Gasteiger partial charge in [-0.25, -0.2) is 0 Å². The Labute approximate surface area is 119 Å². The Bertz CT molecular complexity index is 545. The minimum Gasteiger partial charge on any atom is -0.481 e. The SMILES string of the molecule is CN(C)C(=O)c1ccc([N+](=O)[O-])c(SCCC(=O)O)c1. The number of aliphatic carboxylic acids is 1. The monoisotopic (exact) mass is 298 g/mol. The van der Waals surface area contributed by atoms with Gasteiger partial charge < -0.3 is 10.0 Å². The summed E-state index contributed by atoms with van der Waals surface area (Å²) in [7, 11) is 3.17. The second-order valence-electron chi connectivity index (χ2n) is 4.13. The van der Waals surface area contributed by atoms with Crippen LogP contribution < -0.4 is 0 Å². The number of amides is 1. The third-order valence-corrected chi connectivity index (χ3v) is 3.43. The molecule has 0 aromatic heterocycles. The van der Waals surface area contributed by atoms with Crippen LogP contribution in [0.1, 0.15) is 16.8 Å². The first-order valence-electron chi connectivity index (χ1n) is 5.67. The van der Waals surface area contributed by atoms with Crippen LogP contribution in [0.2, 0.25) is 0 Å². The second-order valence-corrected chi connectivity index (χ2v) is 5.27. The summed E-state index contributed by atoms with van der Waals surface area (Å²) in [6, 6.07) is 4.08. The lowest BCUT2D eigenvalue weighted by atomic mass is 10.2. The van der Waals surface area contributed by atoms with Crippen LogP contribution >= 0.6 is 11.8 Å². The number of benzene rings is 1. The first kappa shape index (κ1) is 16.0. The fourth-order valence-electron chi connectivity index (χ4n) is 1.42. The molecule has 20 heavy (non-hydrogen) atoms. The first-order chi connectivity index (χ1) is 9.32. The summed E-state index contributed by atoms with van der Waals surface area (Å²) in [5.41, 5.74) is 0.203. The van der Waals surface area contributed by atoms with Crippen LogP contribution in [0, 0.1) is 10.1 Å². The van der Waals surface area contributed by atoms with Crippen LogP contribution in [0.25, 0.3) is 0 Å². The van der Waals surface area contributed by atoms with Crippen molar-refractivity contribution in [3.63, 3.8) is 0 Å². The van der Waals surface area contributed by atoms with E-state index in [-0.39, 0.29) is 23.8 Å². The molecule has 0 bridgehead atoms. The fourth-order valence-corrected chi connectivity index (χ4v) is 2.42. The highest BCUT2D eigenvalue weighted by atomic mass is 32.2. The Kier molecular flexibility index (Phi) is 5.51. The lowest BCUT2D eigenvalue weighted by molar-refractivity contribution is -0.387. The standard InChI is InChI=1S/C12H14N2O5S/c1-13(2)12(17)8-3-4-9(14(18)19)10(7-8)20-6-5-11(15)16/h3-4,7H,5-6H2,1-2H3,(H,15,16). The molecule has 1 aromatic carbocycles. The number of nitro groups is 1. The maximum Gasteiger partial charge on any atom is 0.304 e. The average Bonchev–Trinajstić information content (AvgIpc) is 2.36. The van der Waals surface area contributed by atoms with Crippen molar-refractivity contribution in [3.05, 3.63) is 33.9 Å². The van der Waals surface area contributed by atoms with Crippen LogP contribution in [-0.4, -0.2) is 46.7 Å². The molecule has 0 aliphatic rings. The molecule has 0 heterocycles. The zero-order valence-electron chi connectivity index (χ0n) is 11.0. The van der Waals surface area contributed by atoms with E-state index in [1.807, 2.05) is 0 Å². The highest BCUT2D eigenvalue weighted by Crippen LogP contribution is 2.30. The van der Waals surface area contributed by atoms with Crippen molar-refractivity contribution < 1.29 is 19.6 Å². The number of carbonyl (C=O) groups excluding carboxylic acids is 1. The van der Waals surface area contributed by atoms with Gasteiger partial charge in [0.25, 0.3) is 11.6 Å². The molecule has 1 rings (SSSR count).